The third-order valence-electron chi connectivity index (χ3n) is 3.37. The number of piperidine rings is 1. The third kappa shape index (κ3) is 3.03. The molecular weight excluding hydrogens is 252 g/mol. The molecule has 102 valence electrons. The Balaban J connectivity index is 0.00000162. The molecule has 0 spiro atoms. The molecule has 0 aromatic carbocycles. The van der Waals surface area contributed by atoms with Crippen LogP contribution in [0.1, 0.15) is 34.6 Å². The summed E-state index contributed by atoms with van der Waals surface area (Å²) in [5.41, 5.74) is 2.44. The average Bonchev–Trinajstić information content (AvgIpc) is 2.54. The molecule has 18 heavy (non-hydrogen) atoms. The zero-order valence-corrected chi connectivity index (χ0v) is 11.9. The fraction of sp³-hybridized carbons (Fsp3) is 0.667. The summed E-state index contributed by atoms with van der Waals surface area (Å²) < 4.78 is 1.75. The van der Waals surface area contributed by atoms with Gasteiger partial charge in [0.2, 0.25) is 0 Å². The van der Waals surface area contributed by atoms with Crippen molar-refractivity contribution in [3.8, 4) is 0 Å². The summed E-state index contributed by atoms with van der Waals surface area (Å²) in [6.07, 6.45) is 2.17. The molecule has 2 N–H and O–H groups in total. The molecule has 0 saturated carbocycles. The molecule has 0 aliphatic carbocycles. The Bertz CT molecular complexity index is 424. The lowest BCUT2D eigenvalue weighted by molar-refractivity contribution is 0.0929. The summed E-state index contributed by atoms with van der Waals surface area (Å²) in [5, 5.41) is 10.6. The van der Waals surface area contributed by atoms with Crippen LogP contribution in [-0.4, -0.2) is 34.8 Å². The van der Waals surface area contributed by atoms with Crippen LogP contribution < -0.4 is 10.6 Å². The molecule has 2 heterocycles. The van der Waals surface area contributed by atoms with E-state index >= 15 is 0 Å². The molecule has 5 nitrogen and oxygen atoms in total. The Hall–Kier alpha value is -1.07. The number of halogens is 1. The standard InChI is InChI=1S/C12H20N4O.ClH/c1-8-11(9(2)16(3)15-8)12(17)14-10-5-4-6-13-7-10;/h10,13H,4-7H2,1-3H3,(H,14,17);1H/t10-;/m0./s1. The van der Waals surface area contributed by atoms with Gasteiger partial charge in [0.25, 0.3) is 5.91 Å². The van der Waals surface area contributed by atoms with Crippen molar-refractivity contribution in [3.05, 3.63) is 17.0 Å². The van der Waals surface area contributed by atoms with E-state index in [4.69, 9.17) is 0 Å². The van der Waals surface area contributed by atoms with Crippen LogP contribution >= 0.6 is 12.4 Å². The number of carbonyl (C=O) groups excluding carboxylic acids is 1. The molecule has 1 aromatic rings. The fourth-order valence-electron chi connectivity index (χ4n) is 2.33. The van der Waals surface area contributed by atoms with Crippen LogP contribution in [0.25, 0.3) is 0 Å². The van der Waals surface area contributed by atoms with Crippen molar-refractivity contribution in [2.45, 2.75) is 32.7 Å². The van der Waals surface area contributed by atoms with E-state index in [0.717, 1.165) is 42.9 Å². The largest absolute Gasteiger partial charge is 0.348 e. The van der Waals surface area contributed by atoms with Crippen molar-refractivity contribution < 1.29 is 4.79 Å². The summed E-state index contributed by atoms with van der Waals surface area (Å²) in [6.45, 7) is 5.72. The van der Waals surface area contributed by atoms with Gasteiger partial charge in [-0.1, -0.05) is 0 Å². The van der Waals surface area contributed by atoms with Gasteiger partial charge in [-0.15, -0.1) is 12.4 Å². The molecule has 0 unspecified atom stereocenters. The first-order chi connectivity index (χ1) is 8.09. The van der Waals surface area contributed by atoms with Gasteiger partial charge < -0.3 is 10.6 Å². The molecule has 1 aliphatic rings. The first-order valence-corrected chi connectivity index (χ1v) is 6.11. The number of nitrogens with zero attached hydrogens (tertiary/aromatic N) is 2. The lowest BCUT2D eigenvalue weighted by Crippen LogP contribution is -2.45. The van der Waals surface area contributed by atoms with Crippen LogP contribution in [0, 0.1) is 13.8 Å². The summed E-state index contributed by atoms with van der Waals surface area (Å²) in [6, 6.07) is 0.246. The molecule has 0 bridgehead atoms. The number of carbonyl (C=O) groups is 1. The van der Waals surface area contributed by atoms with Crippen molar-refractivity contribution in [1.82, 2.24) is 20.4 Å². The molecular formula is C12H21ClN4O. The minimum atomic E-state index is 0. The number of aromatic nitrogens is 2. The second-order valence-corrected chi connectivity index (χ2v) is 4.69. The van der Waals surface area contributed by atoms with Gasteiger partial charge in [-0.2, -0.15) is 5.10 Å². The van der Waals surface area contributed by atoms with E-state index in [2.05, 4.69) is 15.7 Å². The SMILES string of the molecule is Cc1nn(C)c(C)c1C(=O)N[C@H]1CCCNC1.Cl. The summed E-state index contributed by atoms with van der Waals surface area (Å²) in [7, 11) is 1.86. The number of hydrogen-bond donors (Lipinski definition) is 2. The Morgan fingerprint density at radius 1 is 1.50 bits per heavy atom. The predicted octanol–water partition coefficient (Wildman–Crippen LogP) is 0.941. The summed E-state index contributed by atoms with van der Waals surface area (Å²) in [4.78, 5) is 12.2. The average molecular weight is 273 g/mol. The smallest absolute Gasteiger partial charge is 0.255 e. The molecule has 1 amide bonds. The molecule has 2 rings (SSSR count). The minimum Gasteiger partial charge on any atom is -0.348 e. The Kier molecular flexibility index (Phi) is 5.16. The van der Waals surface area contributed by atoms with Crippen LogP contribution in [0.2, 0.25) is 0 Å². The second kappa shape index (κ2) is 6.20. The third-order valence-corrected chi connectivity index (χ3v) is 3.37. The highest BCUT2D eigenvalue weighted by Gasteiger charge is 2.21. The zero-order chi connectivity index (χ0) is 12.4. The van der Waals surface area contributed by atoms with Gasteiger partial charge in [-0.05, 0) is 33.2 Å². The topological polar surface area (TPSA) is 59.0 Å². The number of nitrogens with one attached hydrogen (secondary N) is 2. The lowest BCUT2D eigenvalue weighted by Gasteiger charge is -2.23. The van der Waals surface area contributed by atoms with Gasteiger partial charge in [0.15, 0.2) is 0 Å². The van der Waals surface area contributed by atoms with E-state index in [1.165, 1.54) is 0 Å². The van der Waals surface area contributed by atoms with Gasteiger partial charge in [-0.3, -0.25) is 9.48 Å². The van der Waals surface area contributed by atoms with E-state index < -0.39 is 0 Å². The zero-order valence-electron chi connectivity index (χ0n) is 11.1. The first kappa shape index (κ1) is 15.0. The van der Waals surface area contributed by atoms with Crippen LogP contribution in [0.5, 0.6) is 0 Å². The Morgan fingerprint density at radius 2 is 2.22 bits per heavy atom. The Labute approximate surface area is 114 Å². The molecule has 1 saturated heterocycles. The van der Waals surface area contributed by atoms with Crippen LogP contribution in [0.3, 0.4) is 0 Å². The highest BCUT2D eigenvalue weighted by molar-refractivity contribution is 5.96. The molecule has 6 heteroatoms. The predicted molar refractivity (Wildman–Crippen MR) is 73.3 cm³/mol. The van der Waals surface area contributed by atoms with Gasteiger partial charge in [0.1, 0.15) is 0 Å². The summed E-state index contributed by atoms with van der Waals surface area (Å²) in [5.74, 6) is 0.00167. The monoisotopic (exact) mass is 272 g/mol. The second-order valence-electron chi connectivity index (χ2n) is 4.69. The highest BCUT2D eigenvalue weighted by atomic mass is 35.5. The normalized spacial score (nSPS) is 19.2. The van der Waals surface area contributed by atoms with Crippen LogP contribution in [0.15, 0.2) is 0 Å². The molecule has 1 atom stereocenters. The number of hydrogen-bond acceptors (Lipinski definition) is 3. The Morgan fingerprint density at radius 3 is 2.72 bits per heavy atom. The fourth-order valence-corrected chi connectivity index (χ4v) is 2.33. The molecule has 1 fully saturated rings. The van der Waals surface area contributed by atoms with E-state index in [-0.39, 0.29) is 24.4 Å². The van der Waals surface area contributed by atoms with E-state index in [9.17, 15) is 4.79 Å². The van der Waals surface area contributed by atoms with Crippen molar-refractivity contribution in [2.24, 2.45) is 7.05 Å². The number of rotatable bonds is 2. The van der Waals surface area contributed by atoms with Gasteiger partial charge in [-0.25, -0.2) is 0 Å². The maximum absolute atomic E-state index is 12.2. The first-order valence-electron chi connectivity index (χ1n) is 6.11. The maximum atomic E-state index is 12.2. The van der Waals surface area contributed by atoms with Crippen LogP contribution in [0.4, 0.5) is 0 Å². The minimum absolute atomic E-state index is 0. The molecule has 0 radical (unpaired) electrons. The highest BCUT2D eigenvalue weighted by Crippen LogP contribution is 2.12. The lowest BCUT2D eigenvalue weighted by atomic mass is 10.1. The maximum Gasteiger partial charge on any atom is 0.255 e. The van der Waals surface area contributed by atoms with Crippen molar-refractivity contribution in [1.29, 1.82) is 0 Å². The van der Waals surface area contributed by atoms with Crippen molar-refractivity contribution >= 4 is 18.3 Å². The van der Waals surface area contributed by atoms with Gasteiger partial charge in [0.05, 0.1) is 11.3 Å². The van der Waals surface area contributed by atoms with Crippen molar-refractivity contribution in [2.75, 3.05) is 13.1 Å². The summed E-state index contributed by atoms with van der Waals surface area (Å²) >= 11 is 0. The number of aryl methyl sites for hydroxylation is 2. The molecule has 1 aliphatic heterocycles. The van der Waals surface area contributed by atoms with Gasteiger partial charge in [0, 0.05) is 25.3 Å². The van der Waals surface area contributed by atoms with Crippen molar-refractivity contribution in [3.63, 3.8) is 0 Å². The number of amides is 1. The van der Waals surface area contributed by atoms with Gasteiger partial charge >= 0.3 is 0 Å². The van der Waals surface area contributed by atoms with E-state index in [0.29, 0.717) is 0 Å². The van der Waals surface area contributed by atoms with E-state index in [1.807, 2.05) is 20.9 Å². The van der Waals surface area contributed by atoms with Crippen LogP contribution in [-0.2, 0) is 7.05 Å². The quantitative estimate of drug-likeness (QED) is 0.842. The molecule has 1 aromatic heterocycles. The van der Waals surface area contributed by atoms with E-state index in [1.54, 1.807) is 4.68 Å².